The smallest absolute Gasteiger partial charge is 0.322 e. The third kappa shape index (κ3) is 4.10. The van der Waals surface area contributed by atoms with E-state index in [0.29, 0.717) is 17.2 Å². The highest BCUT2D eigenvalue weighted by Gasteiger charge is 2.27. The number of carbonyl (C=O) groups excluding carboxylic acids is 2. The molecule has 1 heterocycles. The van der Waals surface area contributed by atoms with Crippen LogP contribution in [0.5, 0.6) is 11.5 Å². The van der Waals surface area contributed by atoms with Crippen LogP contribution >= 0.6 is 0 Å². The zero-order valence-electron chi connectivity index (χ0n) is 13.6. The third-order valence-electron chi connectivity index (χ3n) is 3.62. The second kappa shape index (κ2) is 7.56. The summed E-state index contributed by atoms with van der Waals surface area (Å²) < 4.78 is 11.1. The highest BCUT2D eigenvalue weighted by atomic mass is 16.6. The number of carboxylic acids is 1. The van der Waals surface area contributed by atoms with Gasteiger partial charge in [-0.2, -0.15) is 0 Å². The summed E-state index contributed by atoms with van der Waals surface area (Å²) in [5.74, 6) is -0.912. The Labute approximate surface area is 148 Å². The van der Waals surface area contributed by atoms with Crippen LogP contribution in [0, 0.1) is 0 Å². The van der Waals surface area contributed by atoms with Gasteiger partial charge < -0.3 is 25.2 Å². The average molecular weight is 356 g/mol. The van der Waals surface area contributed by atoms with Gasteiger partial charge in [0.05, 0.1) is 0 Å². The van der Waals surface area contributed by atoms with Crippen molar-refractivity contribution >= 4 is 23.5 Å². The summed E-state index contributed by atoms with van der Waals surface area (Å²) in [6, 6.07) is 13.2. The van der Waals surface area contributed by atoms with Crippen molar-refractivity contribution in [3.63, 3.8) is 0 Å². The summed E-state index contributed by atoms with van der Waals surface area (Å²) in [5, 5.41) is 13.5. The number of carbonyl (C=O) groups is 3. The van der Waals surface area contributed by atoms with Crippen LogP contribution in [0.4, 0.5) is 5.69 Å². The Bertz CT molecular complexity index is 834. The van der Waals surface area contributed by atoms with E-state index in [-0.39, 0.29) is 18.1 Å². The zero-order chi connectivity index (χ0) is 18.5. The molecule has 1 aliphatic heterocycles. The van der Waals surface area contributed by atoms with Gasteiger partial charge in [0.25, 0.3) is 11.8 Å². The number of carboxylic acid groups (broad SMARTS) is 1. The fourth-order valence-electron chi connectivity index (χ4n) is 2.33. The monoisotopic (exact) mass is 356 g/mol. The van der Waals surface area contributed by atoms with Crippen LogP contribution in [0.2, 0.25) is 0 Å². The van der Waals surface area contributed by atoms with Gasteiger partial charge in [0, 0.05) is 11.3 Å². The molecule has 0 aromatic heterocycles. The van der Waals surface area contributed by atoms with E-state index in [4.69, 9.17) is 14.6 Å². The molecule has 0 radical (unpaired) electrons. The van der Waals surface area contributed by atoms with Gasteiger partial charge >= 0.3 is 5.97 Å². The van der Waals surface area contributed by atoms with E-state index in [2.05, 4.69) is 10.6 Å². The maximum atomic E-state index is 12.3. The Morgan fingerprint density at radius 1 is 1.04 bits per heavy atom. The van der Waals surface area contributed by atoms with Crippen molar-refractivity contribution in [3.05, 3.63) is 54.1 Å². The molecular weight excluding hydrogens is 340 g/mol. The van der Waals surface area contributed by atoms with Crippen LogP contribution in [-0.4, -0.2) is 42.1 Å². The maximum absolute atomic E-state index is 12.3. The predicted octanol–water partition coefficient (Wildman–Crippen LogP) is 1.28. The van der Waals surface area contributed by atoms with Gasteiger partial charge in [-0.1, -0.05) is 12.1 Å². The fraction of sp³-hybridized carbons (Fsp3) is 0.167. The number of rotatable bonds is 5. The minimum absolute atomic E-state index is 0.0958. The van der Waals surface area contributed by atoms with Crippen molar-refractivity contribution in [2.24, 2.45) is 0 Å². The van der Waals surface area contributed by atoms with E-state index in [1.54, 1.807) is 30.3 Å². The standard InChI is InChI=1S/C18H16N2O6/c21-16(22)9-19-17(23)11-5-7-12(8-6-11)20-18(24)15-10-25-13-3-1-2-4-14(13)26-15/h1-8,15H,9-10H2,(H,19,23)(H,20,24)(H,21,22). The van der Waals surface area contributed by atoms with E-state index in [0.717, 1.165) is 0 Å². The number of para-hydroxylation sites is 2. The van der Waals surface area contributed by atoms with E-state index in [1.165, 1.54) is 12.1 Å². The summed E-state index contributed by atoms with van der Waals surface area (Å²) in [4.78, 5) is 34.5. The molecule has 0 saturated carbocycles. The first-order chi connectivity index (χ1) is 12.5. The molecule has 0 fully saturated rings. The van der Waals surface area contributed by atoms with Crippen LogP contribution in [-0.2, 0) is 9.59 Å². The summed E-state index contributed by atoms with van der Waals surface area (Å²) in [7, 11) is 0. The first-order valence-electron chi connectivity index (χ1n) is 7.82. The Balaban J connectivity index is 1.58. The summed E-state index contributed by atoms with van der Waals surface area (Å²) in [6.45, 7) is -0.365. The molecule has 3 rings (SSSR count). The van der Waals surface area contributed by atoms with Crippen molar-refractivity contribution in [3.8, 4) is 11.5 Å². The summed E-state index contributed by atoms with van der Waals surface area (Å²) >= 11 is 0. The lowest BCUT2D eigenvalue weighted by atomic mass is 10.2. The number of fused-ring (bicyclic) bond motifs is 1. The van der Waals surface area contributed by atoms with Gasteiger partial charge in [-0.3, -0.25) is 14.4 Å². The predicted molar refractivity (Wildman–Crippen MR) is 91.4 cm³/mol. The lowest BCUT2D eigenvalue weighted by Gasteiger charge is -2.25. The first-order valence-corrected chi connectivity index (χ1v) is 7.82. The number of hydrogen-bond acceptors (Lipinski definition) is 5. The Hall–Kier alpha value is -3.55. The molecule has 3 N–H and O–H groups in total. The van der Waals surface area contributed by atoms with E-state index in [9.17, 15) is 14.4 Å². The quantitative estimate of drug-likeness (QED) is 0.744. The number of benzene rings is 2. The molecule has 134 valence electrons. The topological polar surface area (TPSA) is 114 Å². The van der Waals surface area contributed by atoms with Crippen LogP contribution < -0.4 is 20.1 Å². The van der Waals surface area contributed by atoms with Crippen molar-refractivity contribution in [2.45, 2.75) is 6.10 Å². The molecule has 8 heteroatoms. The molecule has 0 aliphatic carbocycles. The average Bonchev–Trinajstić information content (AvgIpc) is 2.66. The van der Waals surface area contributed by atoms with Crippen LogP contribution in [0.15, 0.2) is 48.5 Å². The molecule has 2 aromatic carbocycles. The molecule has 1 aliphatic rings. The second-order valence-corrected chi connectivity index (χ2v) is 5.51. The lowest BCUT2D eigenvalue weighted by molar-refractivity contribution is -0.135. The highest BCUT2D eigenvalue weighted by molar-refractivity contribution is 5.97. The molecule has 1 unspecified atom stereocenters. The highest BCUT2D eigenvalue weighted by Crippen LogP contribution is 2.31. The minimum Gasteiger partial charge on any atom is -0.485 e. The molecule has 0 saturated heterocycles. The SMILES string of the molecule is O=C(O)CNC(=O)c1ccc(NC(=O)C2COc3ccccc3O2)cc1. The van der Waals surface area contributed by atoms with Gasteiger partial charge in [-0.05, 0) is 36.4 Å². The van der Waals surface area contributed by atoms with Crippen molar-refractivity contribution < 1.29 is 29.0 Å². The molecular formula is C18H16N2O6. The van der Waals surface area contributed by atoms with Crippen LogP contribution in [0.1, 0.15) is 10.4 Å². The van der Waals surface area contributed by atoms with Crippen LogP contribution in [0.3, 0.4) is 0 Å². The van der Waals surface area contributed by atoms with Crippen LogP contribution in [0.25, 0.3) is 0 Å². The fourth-order valence-corrected chi connectivity index (χ4v) is 2.33. The van der Waals surface area contributed by atoms with E-state index in [1.807, 2.05) is 6.07 Å². The second-order valence-electron chi connectivity index (χ2n) is 5.51. The minimum atomic E-state index is -1.13. The van der Waals surface area contributed by atoms with E-state index < -0.39 is 24.5 Å². The van der Waals surface area contributed by atoms with Gasteiger partial charge in [0.2, 0.25) is 6.10 Å². The molecule has 0 bridgehead atoms. The molecule has 26 heavy (non-hydrogen) atoms. The zero-order valence-corrected chi connectivity index (χ0v) is 13.6. The van der Waals surface area contributed by atoms with Gasteiger partial charge in [0.15, 0.2) is 11.5 Å². The number of anilines is 1. The Morgan fingerprint density at radius 2 is 1.73 bits per heavy atom. The largest absolute Gasteiger partial charge is 0.485 e. The molecule has 1 atom stereocenters. The van der Waals surface area contributed by atoms with Crippen molar-refractivity contribution in [1.82, 2.24) is 5.32 Å². The molecule has 8 nitrogen and oxygen atoms in total. The molecule has 2 amide bonds. The van der Waals surface area contributed by atoms with Gasteiger partial charge in [-0.25, -0.2) is 0 Å². The molecule has 0 spiro atoms. The summed E-state index contributed by atoms with van der Waals surface area (Å²) in [6.07, 6.45) is -0.788. The lowest BCUT2D eigenvalue weighted by Crippen LogP contribution is -2.40. The molecule has 2 aromatic rings. The van der Waals surface area contributed by atoms with Gasteiger partial charge in [-0.15, -0.1) is 0 Å². The van der Waals surface area contributed by atoms with E-state index >= 15 is 0 Å². The third-order valence-corrected chi connectivity index (χ3v) is 3.62. The Kier molecular flexibility index (Phi) is 5.02. The summed E-state index contributed by atoms with van der Waals surface area (Å²) in [5.41, 5.74) is 0.766. The normalized spacial score (nSPS) is 15.0. The van der Waals surface area contributed by atoms with Gasteiger partial charge in [0.1, 0.15) is 13.2 Å². The number of aliphatic carboxylic acids is 1. The number of amides is 2. The van der Waals surface area contributed by atoms with Crippen molar-refractivity contribution in [2.75, 3.05) is 18.5 Å². The number of ether oxygens (including phenoxy) is 2. The number of hydrogen-bond donors (Lipinski definition) is 3. The Morgan fingerprint density at radius 3 is 2.42 bits per heavy atom. The maximum Gasteiger partial charge on any atom is 0.322 e. The van der Waals surface area contributed by atoms with Crippen molar-refractivity contribution in [1.29, 1.82) is 0 Å². The number of nitrogens with one attached hydrogen (secondary N) is 2. The first kappa shape index (κ1) is 17.3.